The zero-order valence-corrected chi connectivity index (χ0v) is 16.1. The summed E-state index contributed by atoms with van der Waals surface area (Å²) in [6.07, 6.45) is 0.797. The van der Waals surface area contributed by atoms with Gasteiger partial charge in [0.25, 0.3) is 11.7 Å². The Morgan fingerprint density at radius 1 is 1.07 bits per heavy atom. The van der Waals surface area contributed by atoms with Crippen molar-refractivity contribution in [1.29, 1.82) is 0 Å². The third kappa shape index (κ3) is 3.01. The van der Waals surface area contributed by atoms with Crippen molar-refractivity contribution in [2.45, 2.75) is 33.0 Å². The standard InChI is InChI=1S/C22H25NO4/c1-15-6-4-7-18(14-15)25-13-10-23-20-17(3)9-8-16(2)19(20)22(21(23)24)26-11-5-12-27-22/h4,6-9,14H,5,10-13H2,1-3H3. The second kappa shape index (κ2) is 6.98. The van der Waals surface area contributed by atoms with Gasteiger partial charge in [0.2, 0.25) is 0 Å². The highest BCUT2D eigenvalue weighted by molar-refractivity contribution is 6.07. The lowest BCUT2D eigenvalue weighted by atomic mass is 9.97. The highest BCUT2D eigenvalue weighted by Gasteiger charge is 2.56. The lowest BCUT2D eigenvalue weighted by Crippen LogP contribution is -2.48. The van der Waals surface area contributed by atoms with Crippen molar-refractivity contribution >= 4 is 11.6 Å². The molecule has 0 unspecified atom stereocenters. The van der Waals surface area contributed by atoms with Crippen molar-refractivity contribution in [3.63, 3.8) is 0 Å². The molecule has 0 N–H and O–H groups in total. The summed E-state index contributed by atoms with van der Waals surface area (Å²) in [6, 6.07) is 12.0. The molecule has 1 amide bonds. The van der Waals surface area contributed by atoms with Crippen LogP contribution in [0.4, 0.5) is 5.69 Å². The van der Waals surface area contributed by atoms with E-state index in [1.54, 1.807) is 4.90 Å². The monoisotopic (exact) mass is 367 g/mol. The fourth-order valence-corrected chi connectivity index (χ4v) is 3.92. The average molecular weight is 367 g/mol. The zero-order valence-electron chi connectivity index (χ0n) is 16.1. The van der Waals surface area contributed by atoms with Crippen LogP contribution in [0.2, 0.25) is 0 Å². The molecule has 5 nitrogen and oxygen atoms in total. The number of anilines is 1. The molecule has 1 spiro atoms. The van der Waals surface area contributed by atoms with Gasteiger partial charge in [-0.05, 0) is 56.0 Å². The smallest absolute Gasteiger partial charge is 0.292 e. The predicted octanol–water partition coefficient (Wildman–Crippen LogP) is 3.63. The van der Waals surface area contributed by atoms with Gasteiger partial charge in [-0.2, -0.15) is 0 Å². The summed E-state index contributed by atoms with van der Waals surface area (Å²) in [4.78, 5) is 15.1. The molecular formula is C22H25NO4. The topological polar surface area (TPSA) is 48.0 Å². The molecule has 2 heterocycles. The number of benzene rings is 2. The van der Waals surface area contributed by atoms with Crippen molar-refractivity contribution in [3.05, 3.63) is 58.7 Å². The van der Waals surface area contributed by atoms with Gasteiger partial charge in [-0.25, -0.2) is 0 Å². The third-order valence-electron chi connectivity index (χ3n) is 5.19. The molecule has 2 aliphatic heterocycles. The van der Waals surface area contributed by atoms with Gasteiger partial charge < -0.3 is 19.1 Å². The van der Waals surface area contributed by atoms with E-state index < -0.39 is 5.79 Å². The summed E-state index contributed by atoms with van der Waals surface area (Å²) in [5.41, 5.74) is 4.93. The van der Waals surface area contributed by atoms with Crippen molar-refractivity contribution in [2.75, 3.05) is 31.3 Å². The van der Waals surface area contributed by atoms with Gasteiger partial charge in [-0.1, -0.05) is 24.3 Å². The van der Waals surface area contributed by atoms with E-state index in [1.807, 2.05) is 57.2 Å². The van der Waals surface area contributed by atoms with Crippen LogP contribution in [0.1, 0.15) is 28.7 Å². The van der Waals surface area contributed by atoms with Crippen molar-refractivity contribution in [3.8, 4) is 5.75 Å². The van der Waals surface area contributed by atoms with Gasteiger partial charge in [0.05, 0.1) is 25.4 Å². The summed E-state index contributed by atoms with van der Waals surface area (Å²) < 4.78 is 17.8. The summed E-state index contributed by atoms with van der Waals surface area (Å²) in [7, 11) is 0. The number of hydrogen-bond acceptors (Lipinski definition) is 4. The number of hydrogen-bond donors (Lipinski definition) is 0. The number of amides is 1. The number of rotatable bonds is 4. The fourth-order valence-electron chi connectivity index (χ4n) is 3.92. The van der Waals surface area contributed by atoms with Gasteiger partial charge >= 0.3 is 0 Å². The van der Waals surface area contributed by atoms with E-state index in [1.165, 1.54) is 0 Å². The van der Waals surface area contributed by atoms with Gasteiger partial charge in [-0.15, -0.1) is 0 Å². The predicted molar refractivity (Wildman–Crippen MR) is 103 cm³/mol. The van der Waals surface area contributed by atoms with Crippen LogP contribution in [0.15, 0.2) is 36.4 Å². The first-order valence-corrected chi connectivity index (χ1v) is 9.43. The molecular weight excluding hydrogens is 342 g/mol. The second-order valence-electron chi connectivity index (χ2n) is 7.21. The Hall–Kier alpha value is -2.37. The molecule has 4 rings (SSSR count). The van der Waals surface area contributed by atoms with Gasteiger partial charge in [0.15, 0.2) is 0 Å². The van der Waals surface area contributed by atoms with Crippen molar-refractivity contribution in [1.82, 2.24) is 0 Å². The number of carbonyl (C=O) groups is 1. The maximum Gasteiger partial charge on any atom is 0.292 e. The normalized spacial score (nSPS) is 18.0. The first kappa shape index (κ1) is 18.0. The highest BCUT2D eigenvalue weighted by atomic mass is 16.7. The summed E-state index contributed by atoms with van der Waals surface area (Å²) in [5, 5.41) is 0. The number of nitrogens with zero attached hydrogens (tertiary/aromatic N) is 1. The lowest BCUT2D eigenvalue weighted by molar-refractivity contribution is -0.257. The van der Waals surface area contributed by atoms with Crippen LogP contribution in [0.5, 0.6) is 5.75 Å². The number of ether oxygens (including phenoxy) is 3. The Labute approximate surface area is 159 Å². The molecule has 0 aromatic heterocycles. The molecule has 27 heavy (non-hydrogen) atoms. The Morgan fingerprint density at radius 2 is 1.81 bits per heavy atom. The Balaban J connectivity index is 1.62. The lowest BCUT2D eigenvalue weighted by Gasteiger charge is -2.33. The quantitative estimate of drug-likeness (QED) is 0.828. The molecule has 0 saturated carbocycles. The second-order valence-corrected chi connectivity index (χ2v) is 7.21. The minimum absolute atomic E-state index is 0.151. The molecule has 0 bridgehead atoms. The van der Waals surface area contributed by atoms with E-state index in [4.69, 9.17) is 14.2 Å². The Kier molecular flexibility index (Phi) is 4.66. The minimum Gasteiger partial charge on any atom is -0.492 e. The first-order valence-electron chi connectivity index (χ1n) is 9.43. The van der Waals surface area contributed by atoms with E-state index in [0.29, 0.717) is 26.4 Å². The third-order valence-corrected chi connectivity index (χ3v) is 5.19. The summed E-state index contributed by atoms with van der Waals surface area (Å²) >= 11 is 0. The minimum atomic E-state index is -1.30. The Morgan fingerprint density at radius 3 is 2.56 bits per heavy atom. The fraction of sp³-hybridized carbons (Fsp3) is 0.409. The maximum atomic E-state index is 13.4. The molecule has 1 saturated heterocycles. The molecule has 142 valence electrons. The van der Waals surface area contributed by atoms with Gasteiger partial charge in [0, 0.05) is 5.56 Å². The van der Waals surface area contributed by atoms with E-state index in [2.05, 4.69) is 0 Å². The molecule has 1 fully saturated rings. The zero-order chi connectivity index (χ0) is 19.0. The summed E-state index contributed by atoms with van der Waals surface area (Å²) in [5.74, 6) is -0.641. The number of aryl methyl sites for hydroxylation is 3. The van der Waals surface area contributed by atoms with Crippen molar-refractivity contribution in [2.24, 2.45) is 0 Å². The SMILES string of the molecule is Cc1cccc(OCCN2C(=O)C3(OCCCO3)c3c(C)ccc(C)c32)c1. The van der Waals surface area contributed by atoms with Crippen LogP contribution < -0.4 is 9.64 Å². The molecule has 2 aliphatic rings. The van der Waals surface area contributed by atoms with Crippen LogP contribution in [0, 0.1) is 20.8 Å². The molecule has 0 radical (unpaired) electrons. The average Bonchev–Trinajstić information content (AvgIpc) is 2.89. The van der Waals surface area contributed by atoms with Crippen LogP contribution in [-0.4, -0.2) is 32.3 Å². The van der Waals surface area contributed by atoms with E-state index in [0.717, 1.165) is 40.1 Å². The largest absolute Gasteiger partial charge is 0.492 e. The van der Waals surface area contributed by atoms with Crippen LogP contribution >= 0.6 is 0 Å². The van der Waals surface area contributed by atoms with E-state index in [9.17, 15) is 4.79 Å². The molecule has 0 atom stereocenters. The maximum absolute atomic E-state index is 13.4. The van der Waals surface area contributed by atoms with E-state index >= 15 is 0 Å². The Bertz CT molecular complexity index is 871. The van der Waals surface area contributed by atoms with Crippen LogP contribution in [0.3, 0.4) is 0 Å². The number of carbonyl (C=O) groups excluding carboxylic acids is 1. The summed E-state index contributed by atoms with van der Waals surface area (Å²) in [6.45, 7) is 7.93. The molecule has 0 aliphatic carbocycles. The van der Waals surface area contributed by atoms with Crippen LogP contribution in [-0.2, 0) is 20.1 Å². The molecule has 2 aromatic rings. The molecule has 5 heteroatoms. The highest BCUT2D eigenvalue weighted by Crippen LogP contribution is 2.48. The van der Waals surface area contributed by atoms with Crippen molar-refractivity contribution < 1.29 is 19.0 Å². The first-order chi connectivity index (χ1) is 13.0. The van der Waals surface area contributed by atoms with Crippen LogP contribution in [0.25, 0.3) is 0 Å². The van der Waals surface area contributed by atoms with E-state index in [-0.39, 0.29) is 5.91 Å². The number of fused-ring (bicyclic) bond motifs is 2. The van der Waals surface area contributed by atoms with Gasteiger partial charge in [0.1, 0.15) is 12.4 Å². The molecule has 2 aromatic carbocycles. The van der Waals surface area contributed by atoms with Gasteiger partial charge in [-0.3, -0.25) is 4.79 Å².